The maximum absolute atomic E-state index is 9.18. The molecule has 0 aliphatic carbocycles. The Balaban J connectivity index is 2.63. The summed E-state index contributed by atoms with van der Waals surface area (Å²) in [5, 5.41) is 8.94. The molecule has 0 bridgehead atoms. The van der Waals surface area contributed by atoms with Crippen LogP contribution in [0, 0.1) is 0 Å². The minimum atomic E-state index is -1.26. The number of aliphatic hydroxyl groups excluding tert-OH is 1. The summed E-state index contributed by atoms with van der Waals surface area (Å²) in [4.78, 5) is 0. The molecule has 3 atom stereocenters. The van der Waals surface area contributed by atoms with Gasteiger partial charge >= 0.3 is 0 Å². The smallest absolute Gasteiger partial charge is 0.188 e. The largest absolute Gasteiger partial charge is 0.365 e. The van der Waals surface area contributed by atoms with Crippen molar-refractivity contribution in [2.45, 2.75) is 35.4 Å². The second-order valence-corrected chi connectivity index (χ2v) is 4.78. The highest BCUT2D eigenvalue weighted by Gasteiger charge is 2.44. The first kappa shape index (κ1) is 9.87. The summed E-state index contributed by atoms with van der Waals surface area (Å²) in [6.45, 7) is 1.77. The van der Waals surface area contributed by atoms with Crippen molar-refractivity contribution in [1.82, 2.24) is 0 Å². The van der Waals surface area contributed by atoms with Crippen LogP contribution in [0.2, 0.25) is 0 Å². The molecule has 0 radical (unpaired) electrons. The molecule has 5 heteroatoms. The summed E-state index contributed by atoms with van der Waals surface area (Å²) in [7, 11) is 0. The number of hydrogen-bond acceptors (Lipinski definition) is 2. The third-order valence-corrected chi connectivity index (χ3v) is 2.87. The molecule has 0 amide bonds. The zero-order valence-corrected chi connectivity index (χ0v) is 8.20. The van der Waals surface area contributed by atoms with E-state index in [9.17, 15) is 5.11 Å². The van der Waals surface area contributed by atoms with Gasteiger partial charge in [-0.3, -0.25) is 0 Å². The fraction of sp³-hybridized carbons (Fsp3) is 1.00. The van der Waals surface area contributed by atoms with Crippen LogP contribution < -0.4 is 0 Å². The second kappa shape index (κ2) is 3.27. The van der Waals surface area contributed by atoms with Crippen LogP contribution in [-0.2, 0) is 4.74 Å². The first-order valence-corrected chi connectivity index (χ1v) is 4.48. The zero-order valence-electron chi connectivity index (χ0n) is 5.93. The third-order valence-electron chi connectivity index (χ3n) is 1.68. The quantitative estimate of drug-likeness (QED) is 0.631. The molecule has 1 rings (SSSR count). The maximum Gasteiger partial charge on any atom is 0.188 e. The van der Waals surface area contributed by atoms with Crippen molar-refractivity contribution in [3.63, 3.8) is 0 Å². The lowest BCUT2D eigenvalue weighted by atomic mass is 10.1. The van der Waals surface area contributed by atoms with Gasteiger partial charge in [-0.05, 0) is 6.92 Å². The lowest BCUT2D eigenvalue weighted by molar-refractivity contribution is -0.160. The molecule has 1 saturated heterocycles. The topological polar surface area (TPSA) is 29.5 Å². The maximum atomic E-state index is 9.18. The van der Waals surface area contributed by atoms with Gasteiger partial charge in [0.05, 0.1) is 11.5 Å². The van der Waals surface area contributed by atoms with Crippen LogP contribution in [0.4, 0.5) is 0 Å². The lowest BCUT2D eigenvalue weighted by Crippen LogP contribution is -2.47. The summed E-state index contributed by atoms with van der Waals surface area (Å²) in [5.74, 6) is 0. The molecule has 0 aromatic rings. The van der Waals surface area contributed by atoms with Crippen LogP contribution in [0.5, 0.6) is 0 Å². The Kier molecular flexibility index (Phi) is 2.93. The standard InChI is InChI=1S/C6H9Cl3O2/c1-3-4(7)2-6(8,9)5(10)11-3/h3-5,10H,2H2,1H3. The molecule has 1 N–H and O–H groups in total. The first-order chi connectivity index (χ1) is 4.93. The molecule has 0 aromatic carbocycles. The predicted octanol–water partition coefficient (Wildman–Crippen LogP) is 1.89. The average molecular weight is 219 g/mol. The van der Waals surface area contributed by atoms with E-state index in [2.05, 4.69) is 0 Å². The molecule has 3 unspecified atom stereocenters. The highest BCUT2D eigenvalue weighted by atomic mass is 35.5. The average Bonchev–Trinajstić information content (AvgIpc) is 1.83. The molecule has 66 valence electrons. The molecule has 1 heterocycles. The van der Waals surface area contributed by atoms with E-state index in [0.29, 0.717) is 6.42 Å². The van der Waals surface area contributed by atoms with Crippen molar-refractivity contribution in [1.29, 1.82) is 0 Å². The summed E-state index contributed by atoms with van der Waals surface area (Å²) < 4.78 is 3.71. The number of hydrogen-bond donors (Lipinski definition) is 1. The third kappa shape index (κ3) is 2.13. The molecule has 11 heavy (non-hydrogen) atoms. The number of halogens is 3. The van der Waals surface area contributed by atoms with Gasteiger partial charge in [-0.15, -0.1) is 11.6 Å². The Morgan fingerprint density at radius 3 is 2.55 bits per heavy atom. The van der Waals surface area contributed by atoms with Crippen LogP contribution >= 0.6 is 34.8 Å². The van der Waals surface area contributed by atoms with Crippen molar-refractivity contribution >= 4 is 34.8 Å². The monoisotopic (exact) mass is 218 g/mol. The molecule has 2 nitrogen and oxygen atoms in total. The Labute approximate surface area is 80.4 Å². The van der Waals surface area contributed by atoms with Gasteiger partial charge in [0.1, 0.15) is 0 Å². The Morgan fingerprint density at radius 1 is 1.55 bits per heavy atom. The minimum absolute atomic E-state index is 0.211. The molecular formula is C6H9Cl3O2. The second-order valence-electron chi connectivity index (χ2n) is 2.67. The van der Waals surface area contributed by atoms with E-state index in [1.165, 1.54) is 0 Å². The Morgan fingerprint density at radius 2 is 2.09 bits per heavy atom. The van der Waals surface area contributed by atoms with E-state index >= 15 is 0 Å². The molecular weight excluding hydrogens is 210 g/mol. The number of rotatable bonds is 0. The van der Waals surface area contributed by atoms with E-state index in [0.717, 1.165) is 0 Å². The van der Waals surface area contributed by atoms with Crippen molar-refractivity contribution in [2.75, 3.05) is 0 Å². The van der Waals surface area contributed by atoms with Crippen LogP contribution in [-0.4, -0.2) is 27.2 Å². The lowest BCUT2D eigenvalue weighted by Gasteiger charge is -2.37. The van der Waals surface area contributed by atoms with Gasteiger partial charge in [0, 0.05) is 6.42 Å². The van der Waals surface area contributed by atoms with Gasteiger partial charge in [0.25, 0.3) is 0 Å². The normalized spacial score (nSPS) is 43.9. The van der Waals surface area contributed by atoms with Gasteiger partial charge < -0.3 is 9.84 Å². The number of ether oxygens (including phenoxy) is 1. The van der Waals surface area contributed by atoms with Crippen LogP contribution in [0.1, 0.15) is 13.3 Å². The Hall–Kier alpha value is 0.790. The summed E-state index contributed by atoms with van der Waals surface area (Å²) in [5.41, 5.74) is 0. The van der Waals surface area contributed by atoms with Crippen LogP contribution in [0.15, 0.2) is 0 Å². The number of aliphatic hydroxyl groups is 1. The van der Waals surface area contributed by atoms with Crippen molar-refractivity contribution in [3.05, 3.63) is 0 Å². The van der Waals surface area contributed by atoms with Crippen molar-refractivity contribution in [2.24, 2.45) is 0 Å². The van der Waals surface area contributed by atoms with E-state index in [4.69, 9.17) is 39.5 Å². The predicted molar refractivity (Wildman–Crippen MR) is 45.2 cm³/mol. The fourth-order valence-corrected chi connectivity index (χ4v) is 1.81. The van der Waals surface area contributed by atoms with Crippen molar-refractivity contribution < 1.29 is 9.84 Å². The fourth-order valence-electron chi connectivity index (χ4n) is 0.915. The van der Waals surface area contributed by atoms with E-state index in [1.807, 2.05) is 0 Å². The van der Waals surface area contributed by atoms with Crippen molar-refractivity contribution in [3.8, 4) is 0 Å². The van der Waals surface area contributed by atoms with Gasteiger partial charge in [-0.1, -0.05) is 23.2 Å². The highest BCUT2D eigenvalue weighted by Crippen LogP contribution is 2.39. The molecule has 1 fully saturated rings. The van der Waals surface area contributed by atoms with Gasteiger partial charge in [-0.25, -0.2) is 0 Å². The zero-order chi connectivity index (χ0) is 8.65. The molecule has 1 aliphatic heterocycles. The van der Waals surface area contributed by atoms with E-state index < -0.39 is 10.6 Å². The van der Waals surface area contributed by atoms with E-state index in [-0.39, 0.29) is 11.5 Å². The summed E-state index contributed by atoms with van der Waals surface area (Å²) in [6, 6.07) is 0. The summed E-state index contributed by atoms with van der Waals surface area (Å²) >= 11 is 17.2. The SMILES string of the molecule is CC1OC(O)C(Cl)(Cl)CC1Cl. The first-order valence-electron chi connectivity index (χ1n) is 3.29. The number of alkyl halides is 3. The van der Waals surface area contributed by atoms with Crippen LogP contribution in [0.25, 0.3) is 0 Å². The van der Waals surface area contributed by atoms with Gasteiger partial charge in [0.2, 0.25) is 0 Å². The van der Waals surface area contributed by atoms with Gasteiger partial charge in [-0.2, -0.15) is 0 Å². The molecule has 1 aliphatic rings. The minimum Gasteiger partial charge on any atom is -0.365 e. The highest BCUT2D eigenvalue weighted by molar-refractivity contribution is 6.49. The molecule has 0 aromatic heterocycles. The molecule has 0 spiro atoms. The van der Waals surface area contributed by atoms with E-state index in [1.54, 1.807) is 6.92 Å². The summed E-state index contributed by atoms with van der Waals surface area (Å²) in [6.07, 6.45) is -1.02. The Bertz CT molecular complexity index is 151. The van der Waals surface area contributed by atoms with Crippen LogP contribution in [0.3, 0.4) is 0 Å². The van der Waals surface area contributed by atoms with Gasteiger partial charge in [0.15, 0.2) is 10.6 Å². The molecule has 0 saturated carbocycles.